The van der Waals surface area contributed by atoms with Crippen molar-refractivity contribution in [2.45, 2.75) is 30.6 Å². The summed E-state index contributed by atoms with van der Waals surface area (Å²) in [6, 6.07) is 14.5. The minimum atomic E-state index is -3.97. The molecule has 1 saturated heterocycles. The van der Waals surface area contributed by atoms with Crippen LogP contribution in [0.15, 0.2) is 59.5 Å². The van der Waals surface area contributed by atoms with E-state index in [9.17, 15) is 18.0 Å². The normalized spacial score (nSPS) is 14.4. The van der Waals surface area contributed by atoms with Crippen molar-refractivity contribution >= 4 is 22.0 Å². The standard InChI is InChI=1S/C22H28N4O5S/c27-21(17-31-19-7-3-1-4-8-19)23-14-13-18-9-11-20(12-10-18)32(29,30)25-22(28)24-26-15-5-2-6-16-26/h1,3-4,7-12H,2,5-6,13-17H2,(H,23,27)(H2,24,25,28). The number of urea groups is 1. The van der Waals surface area contributed by atoms with Crippen LogP contribution in [0.25, 0.3) is 0 Å². The Kier molecular flexibility index (Phi) is 8.46. The minimum Gasteiger partial charge on any atom is -0.484 e. The highest BCUT2D eigenvalue weighted by Crippen LogP contribution is 2.12. The number of piperidine rings is 1. The van der Waals surface area contributed by atoms with E-state index in [-0.39, 0.29) is 17.4 Å². The first-order valence-electron chi connectivity index (χ1n) is 10.5. The van der Waals surface area contributed by atoms with Crippen LogP contribution in [0, 0.1) is 0 Å². The number of sulfonamides is 1. The van der Waals surface area contributed by atoms with Gasteiger partial charge in [0.1, 0.15) is 5.75 Å². The van der Waals surface area contributed by atoms with Gasteiger partial charge in [-0.15, -0.1) is 0 Å². The lowest BCUT2D eigenvalue weighted by Gasteiger charge is -2.26. The molecule has 2 aromatic carbocycles. The van der Waals surface area contributed by atoms with E-state index < -0.39 is 16.1 Å². The largest absolute Gasteiger partial charge is 0.484 e. The Morgan fingerprint density at radius 3 is 2.31 bits per heavy atom. The van der Waals surface area contributed by atoms with Crippen LogP contribution in [-0.2, 0) is 21.2 Å². The third-order valence-corrected chi connectivity index (χ3v) is 6.27. The van der Waals surface area contributed by atoms with Crippen molar-refractivity contribution in [2.24, 2.45) is 0 Å². The lowest BCUT2D eigenvalue weighted by Crippen LogP contribution is -2.50. The van der Waals surface area contributed by atoms with Crippen LogP contribution >= 0.6 is 0 Å². The molecule has 0 saturated carbocycles. The van der Waals surface area contributed by atoms with Gasteiger partial charge in [0.2, 0.25) is 0 Å². The summed E-state index contributed by atoms with van der Waals surface area (Å²) < 4.78 is 32.3. The van der Waals surface area contributed by atoms with Crippen LogP contribution in [0.3, 0.4) is 0 Å². The highest BCUT2D eigenvalue weighted by atomic mass is 32.2. The van der Waals surface area contributed by atoms with Crippen molar-refractivity contribution in [1.29, 1.82) is 0 Å². The Labute approximate surface area is 188 Å². The Bertz CT molecular complexity index is 991. The fourth-order valence-corrected chi connectivity index (χ4v) is 4.15. The van der Waals surface area contributed by atoms with Gasteiger partial charge in [0.05, 0.1) is 4.90 Å². The zero-order valence-electron chi connectivity index (χ0n) is 17.7. The average molecular weight is 461 g/mol. The van der Waals surface area contributed by atoms with E-state index in [1.54, 1.807) is 29.3 Å². The zero-order valence-corrected chi connectivity index (χ0v) is 18.6. The molecule has 0 unspecified atom stereocenters. The molecule has 2 aromatic rings. The van der Waals surface area contributed by atoms with Crippen molar-refractivity contribution in [1.82, 2.24) is 20.5 Å². The van der Waals surface area contributed by atoms with Gasteiger partial charge in [-0.25, -0.2) is 22.9 Å². The molecule has 32 heavy (non-hydrogen) atoms. The van der Waals surface area contributed by atoms with Crippen molar-refractivity contribution in [3.63, 3.8) is 0 Å². The molecule has 0 atom stereocenters. The van der Waals surface area contributed by atoms with Gasteiger partial charge in [0.15, 0.2) is 6.61 Å². The first-order chi connectivity index (χ1) is 15.4. The topological polar surface area (TPSA) is 117 Å². The van der Waals surface area contributed by atoms with Gasteiger partial charge < -0.3 is 10.1 Å². The quantitative estimate of drug-likeness (QED) is 0.526. The summed E-state index contributed by atoms with van der Waals surface area (Å²) >= 11 is 0. The summed E-state index contributed by atoms with van der Waals surface area (Å²) in [5.41, 5.74) is 3.42. The molecule has 0 bridgehead atoms. The number of benzene rings is 2. The molecular weight excluding hydrogens is 432 g/mol. The third-order valence-electron chi connectivity index (χ3n) is 4.93. The van der Waals surface area contributed by atoms with Gasteiger partial charge in [0, 0.05) is 19.6 Å². The Morgan fingerprint density at radius 1 is 0.938 bits per heavy atom. The maximum atomic E-state index is 12.4. The Hall–Kier alpha value is -3.11. The summed E-state index contributed by atoms with van der Waals surface area (Å²) in [6.07, 6.45) is 3.57. The number of hydrogen-bond acceptors (Lipinski definition) is 6. The van der Waals surface area contributed by atoms with Gasteiger partial charge >= 0.3 is 6.03 Å². The number of hydrogen-bond donors (Lipinski definition) is 3. The fraction of sp³-hybridized carbons (Fsp3) is 0.364. The van der Waals surface area contributed by atoms with E-state index in [4.69, 9.17) is 4.74 Å². The predicted molar refractivity (Wildman–Crippen MR) is 119 cm³/mol. The fourth-order valence-electron chi connectivity index (χ4n) is 3.25. The van der Waals surface area contributed by atoms with Crippen LogP contribution < -0.4 is 20.2 Å². The second-order valence-corrected chi connectivity index (χ2v) is 9.12. The number of ether oxygens (including phenoxy) is 1. The minimum absolute atomic E-state index is 0.00431. The summed E-state index contributed by atoms with van der Waals surface area (Å²) in [4.78, 5) is 23.9. The number of nitrogens with one attached hydrogen (secondary N) is 3. The molecule has 0 aliphatic carbocycles. The van der Waals surface area contributed by atoms with Crippen molar-refractivity contribution in [3.8, 4) is 5.75 Å². The molecule has 1 aliphatic heterocycles. The highest BCUT2D eigenvalue weighted by molar-refractivity contribution is 7.90. The van der Waals surface area contributed by atoms with E-state index in [0.717, 1.165) is 24.8 Å². The van der Waals surface area contributed by atoms with Crippen LogP contribution in [-0.4, -0.2) is 51.6 Å². The SMILES string of the molecule is O=C(COc1ccccc1)NCCc1ccc(S(=O)(=O)NC(=O)NN2CCCCC2)cc1. The number of amides is 3. The van der Waals surface area contributed by atoms with Crippen LogP contribution in [0.1, 0.15) is 24.8 Å². The van der Waals surface area contributed by atoms with Crippen molar-refractivity contribution < 1.29 is 22.7 Å². The molecule has 10 heteroatoms. The molecule has 1 fully saturated rings. The number of carbonyl (C=O) groups is 2. The molecule has 172 valence electrons. The summed E-state index contributed by atoms with van der Waals surface area (Å²) in [7, 11) is -3.97. The maximum absolute atomic E-state index is 12.4. The van der Waals surface area contributed by atoms with Crippen LogP contribution in [0.2, 0.25) is 0 Å². The molecule has 0 aromatic heterocycles. The number of rotatable bonds is 9. The predicted octanol–water partition coefficient (Wildman–Crippen LogP) is 1.81. The molecule has 0 spiro atoms. The first-order valence-corrected chi connectivity index (χ1v) is 12.0. The van der Waals surface area contributed by atoms with Gasteiger partial charge in [-0.05, 0) is 49.1 Å². The summed E-state index contributed by atoms with van der Waals surface area (Å²) in [6.45, 7) is 1.72. The second-order valence-electron chi connectivity index (χ2n) is 7.44. The van der Waals surface area contributed by atoms with Crippen LogP contribution in [0.4, 0.5) is 4.79 Å². The number of carbonyl (C=O) groups excluding carboxylic acids is 2. The van der Waals surface area contributed by atoms with E-state index >= 15 is 0 Å². The zero-order chi connectivity index (χ0) is 22.8. The van der Waals surface area contributed by atoms with Gasteiger partial charge in [-0.3, -0.25) is 10.2 Å². The summed E-state index contributed by atoms with van der Waals surface area (Å²) in [5, 5.41) is 4.48. The van der Waals surface area contributed by atoms with E-state index in [1.807, 2.05) is 22.9 Å². The second kappa shape index (κ2) is 11.5. The van der Waals surface area contributed by atoms with E-state index in [0.29, 0.717) is 31.8 Å². The molecule has 0 radical (unpaired) electrons. The average Bonchev–Trinajstić information content (AvgIpc) is 2.79. The molecule has 3 amide bonds. The molecule has 1 aliphatic rings. The highest BCUT2D eigenvalue weighted by Gasteiger charge is 2.20. The third kappa shape index (κ3) is 7.54. The number of para-hydroxylation sites is 1. The Balaban J connectivity index is 1.41. The molecule has 1 heterocycles. The number of nitrogens with zero attached hydrogens (tertiary/aromatic N) is 1. The lowest BCUT2D eigenvalue weighted by molar-refractivity contribution is -0.123. The number of hydrazine groups is 1. The first kappa shape index (κ1) is 23.6. The molecular formula is C22H28N4O5S. The van der Waals surface area contributed by atoms with Gasteiger partial charge in [-0.2, -0.15) is 0 Å². The van der Waals surface area contributed by atoms with Crippen molar-refractivity contribution in [3.05, 3.63) is 60.2 Å². The molecule has 3 rings (SSSR count). The summed E-state index contributed by atoms with van der Waals surface area (Å²) in [5.74, 6) is 0.384. The molecule has 9 nitrogen and oxygen atoms in total. The van der Waals surface area contributed by atoms with Crippen molar-refractivity contribution in [2.75, 3.05) is 26.2 Å². The van der Waals surface area contributed by atoms with E-state index in [2.05, 4.69) is 10.7 Å². The smallest absolute Gasteiger partial charge is 0.343 e. The lowest BCUT2D eigenvalue weighted by atomic mass is 10.1. The van der Waals surface area contributed by atoms with Gasteiger partial charge in [-0.1, -0.05) is 36.8 Å². The Morgan fingerprint density at radius 2 is 1.62 bits per heavy atom. The maximum Gasteiger partial charge on any atom is 0.343 e. The van der Waals surface area contributed by atoms with Gasteiger partial charge in [0.25, 0.3) is 15.9 Å². The van der Waals surface area contributed by atoms with E-state index in [1.165, 1.54) is 12.1 Å². The molecule has 3 N–H and O–H groups in total. The monoisotopic (exact) mass is 460 g/mol. The van der Waals surface area contributed by atoms with Crippen LogP contribution in [0.5, 0.6) is 5.75 Å².